The minimum atomic E-state index is -1.30. The first-order chi connectivity index (χ1) is 15.2. The van der Waals surface area contributed by atoms with Gasteiger partial charge in [-0.2, -0.15) is 4.98 Å². The summed E-state index contributed by atoms with van der Waals surface area (Å²) in [5.74, 6) is -2.64. The number of nitrogen functional groups attached to an aromatic ring is 1. The largest absolute Gasteiger partial charge is 2.00 e. The number of amides is 1. The molecule has 1 aromatic carbocycles. The Morgan fingerprint density at radius 1 is 1.24 bits per heavy atom. The molecule has 1 aliphatic rings. The number of aromatic amines is 1. The number of nitrogens with one attached hydrogen (secondary N) is 5. The zero-order chi connectivity index (χ0) is 23.3. The third-order valence-electron chi connectivity index (χ3n) is 4.75. The summed E-state index contributed by atoms with van der Waals surface area (Å²) in [6, 6.07) is 4.93. The van der Waals surface area contributed by atoms with Crippen molar-refractivity contribution in [3.8, 4) is 0 Å². The van der Waals surface area contributed by atoms with Crippen molar-refractivity contribution in [1.82, 2.24) is 15.3 Å². The van der Waals surface area contributed by atoms with Crippen molar-refractivity contribution in [2.24, 2.45) is 0 Å². The number of nitrogens with two attached hydrogens (primary N) is 1. The first kappa shape index (κ1) is 26.2. The molecular formula is C19H25CaN7O6. The molecule has 14 heteroatoms. The summed E-state index contributed by atoms with van der Waals surface area (Å²) >= 11 is 0. The Morgan fingerprint density at radius 3 is 2.58 bits per heavy atom. The number of carbonyl (C=O) groups is 3. The first-order valence-corrected chi connectivity index (χ1v) is 9.72. The van der Waals surface area contributed by atoms with E-state index in [9.17, 15) is 19.2 Å². The predicted molar refractivity (Wildman–Crippen MR) is 124 cm³/mol. The molecule has 0 bridgehead atoms. The van der Waals surface area contributed by atoms with Crippen LogP contribution < -0.4 is 32.6 Å². The average Bonchev–Trinajstić information content (AvgIpc) is 2.75. The Morgan fingerprint density at radius 2 is 1.94 bits per heavy atom. The number of hydrogen-bond donors (Lipinski definition) is 8. The van der Waals surface area contributed by atoms with E-state index in [1.165, 1.54) is 12.1 Å². The molecule has 9 N–H and O–H groups in total. The molecule has 1 aromatic heterocycles. The van der Waals surface area contributed by atoms with Crippen LogP contribution in [0.2, 0.25) is 0 Å². The molecule has 0 saturated heterocycles. The van der Waals surface area contributed by atoms with E-state index >= 15 is 0 Å². The Balaban J connectivity index is 0.00000385. The summed E-state index contributed by atoms with van der Waals surface area (Å²) in [7, 11) is 0. The minimum Gasteiger partial charge on any atom is -1.00 e. The van der Waals surface area contributed by atoms with E-state index in [2.05, 4.69) is 31.2 Å². The second-order valence-electron chi connectivity index (χ2n) is 7.15. The average molecular weight is 488 g/mol. The summed E-state index contributed by atoms with van der Waals surface area (Å²) in [5.41, 5.74) is 6.40. The molecule has 1 amide bonds. The molecule has 3 rings (SSSR count). The number of carboxylic acids is 2. The van der Waals surface area contributed by atoms with Crippen molar-refractivity contribution in [1.29, 1.82) is 0 Å². The third-order valence-corrected chi connectivity index (χ3v) is 4.75. The quantitative estimate of drug-likeness (QED) is 0.212. The number of aliphatic carboxylic acids is 2. The summed E-state index contributed by atoms with van der Waals surface area (Å²) in [6.07, 6.45) is -0.587. The van der Waals surface area contributed by atoms with Crippen LogP contribution in [-0.2, 0) is 9.59 Å². The number of anilines is 4. The van der Waals surface area contributed by atoms with E-state index < -0.39 is 23.9 Å². The maximum atomic E-state index is 12.3. The standard InChI is InChI=1S/C19H23N7O6.Ca.2H/c20-19-25-15-14(17(30)26-19)23-11(8-22-15)7-21-10-3-1-9(2-4-10)16(29)24-12(18(31)32)5-6-13(27)28;;;/h1-4,11-12,21,23H,5-8H2,(H,24,29)(H,27,28)(H,31,32)(H4,20,22,25,26,30);;;/q;+2;2*-1. The molecular weight excluding hydrogens is 462 g/mol. The van der Waals surface area contributed by atoms with Crippen molar-refractivity contribution in [2.75, 3.05) is 34.8 Å². The SMILES string of the molecule is Nc1nc2c(c(=O)[nH]1)NC(CNc1ccc(C(=O)NC(CCC(=O)O)C(=O)O)cc1)CN2.[Ca+2].[H-].[H-]. The Bertz CT molecular complexity index is 1090. The third kappa shape index (κ3) is 7.23. The Hall–Kier alpha value is -3.03. The summed E-state index contributed by atoms with van der Waals surface area (Å²) < 4.78 is 0. The van der Waals surface area contributed by atoms with Gasteiger partial charge >= 0.3 is 49.7 Å². The summed E-state index contributed by atoms with van der Waals surface area (Å²) in [4.78, 5) is 52.6. The molecule has 0 fully saturated rings. The van der Waals surface area contributed by atoms with Gasteiger partial charge in [-0.15, -0.1) is 0 Å². The van der Waals surface area contributed by atoms with Crippen molar-refractivity contribution in [2.45, 2.75) is 24.9 Å². The smallest absolute Gasteiger partial charge is 1.00 e. The molecule has 0 spiro atoms. The van der Waals surface area contributed by atoms with Crippen molar-refractivity contribution in [3.63, 3.8) is 0 Å². The van der Waals surface area contributed by atoms with Gasteiger partial charge in [-0.3, -0.25) is 19.4 Å². The zero-order valence-electron chi connectivity index (χ0n) is 19.6. The van der Waals surface area contributed by atoms with Gasteiger partial charge in [0.1, 0.15) is 11.7 Å². The maximum absolute atomic E-state index is 12.3. The fraction of sp³-hybridized carbons (Fsp3) is 0.316. The van der Waals surface area contributed by atoms with Crippen LogP contribution in [0, 0.1) is 0 Å². The molecule has 2 heterocycles. The van der Waals surface area contributed by atoms with Crippen molar-refractivity contribution < 1.29 is 27.4 Å². The van der Waals surface area contributed by atoms with Gasteiger partial charge in [-0.25, -0.2) is 4.79 Å². The number of carbonyl (C=O) groups excluding carboxylic acids is 1. The number of benzene rings is 1. The van der Waals surface area contributed by atoms with Crippen molar-refractivity contribution in [3.05, 3.63) is 40.2 Å². The van der Waals surface area contributed by atoms with Gasteiger partial charge in [-0.05, 0) is 30.7 Å². The fourth-order valence-corrected chi connectivity index (χ4v) is 3.10. The Kier molecular flexibility index (Phi) is 9.32. The number of aromatic nitrogens is 2. The van der Waals surface area contributed by atoms with Crippen LogP contribution >= 0.6 is 0 Å². The molecule has 0 saturated carbocycles. The topological polar surface area (TPSA) is 212 Å². The number of nitrogens with zero attached hydrogens (tertiary/aromatic N) is 1. The molecule has 2 unspecified atom stereocenters. The molecule has 174 valence electrons. The summed E-state index contributed by atoms with van der Waals surface area (Å²) in [5, 5.41) is 29.5. The maximum Gasteiger partial charge on any atom is 2.00 e. The van der Waals surface area contributed by atoms with Crippen LogP contribution in [0.5, 0.6) is 0 Å². The van der Waals surface area contributed by atoms with E-state index in [0.29, 0.717) is 30.3 Å². The van der Waals surface area contributed by atoms with Crippen LogP contribution in [0.25, 0.3) is 0 Å². The van der Waals surface area contributed by atoms with Crippen LogP contribution in [0.3, 0.4) is 0 Å². The minimum absolute atomic E-state index is 0. The molecule has 33 heavy (non-hydrogen) atoms. The van der Waals surface area contributed by atoms with Crippen LogP contribution in [0.4, 0.5) is 23.1 Å². The molecule has 1 aliphatic heterocycles. The van der Waals surface area contributed by atoms with Crippen LogP contribution in [0.1, 0.15) is 26.1 Å². The van der Waals surface area contributed by atoms with Gasteiger partial charge in [0, 0.05) is 30.8 Å². The van der Waals surface area contributed by atoms with E-state index in [1.807, 2.05) is 0 Å². The van der Waals surface area contributed by atoms with Gasteiger partial charge in [0.05, 0.1) is 6.04 Å². The fourth-order valence-electron chi connectivity index (χ4n) is 3.10. The molecule has 2 atom stereocenters. The van der Waals surface area contributed by atoms with Gasteiger partial charge in [0.15, 0.2) is 5.82 Å². The van der Waals surface area contributed by atoms with Gasteiger partial charge in [0.25, 0.3) is 11.5 Å². The monoisotopic (exact) mass is 487 g/mol. The molecule has 0 aliphatic carbocycles. The second kappa shape index (κ2) is 11.7. The zero-order valence-corrected chi connectivity index (χ0v) is 19.8. The van der Waals surface area contributed by atoms with Crippen LogP contribution in [0.15, 0.2) is 29.1 Å². The number of H-pyrrole nitrogens is 1. The second-order valence-corrected chi connectivity index (χ2v) is 7.15. The number of fused-ring (bicyclic) bond motifs is 1. The number of hydrogen-bond acceptors (Lipinski definition) is 9. The normalized spacial score (nSPS) is 15.0. The van der Waals surface area contributed by atoms with Gasteiger partial charge < -0.3 is 40.1 Å². The van der Waals surface area contributed by atoms with Gasteiger partial charge in [0.2, 0.25) is 5.95 Å². The van der Waals surface area contributed by atoms with E-state index in [1.54, 1.807) is 12.1 Å². The first-order valence-electron chi connectivity index (χ1n) is 9.72. The summed E-state index contributed by atoms with van der Waals surface area (Å²) in [6.45, 7) is 0.960. The van der Waals surface area contributed by atoms with E-state index in [0.717, 1.165) is 0 Å². The Labute approximate surface area is 220 Å². The number of carboxylic acid groups (broad SMARTS) is 2. The molecule has 13 nitrogen and oxygen atoms in total. The predicted octanol–water partition coefficient (Wildman–Crippen LogP) is -0.438. The van der Waals surface area contributed by atoms with E-state index in [-0.39, 0.29) is 76.5 Å². The number of rotatable bonds is 9. The van der Waals surface area contributed by atoms with Crippen LogP contribution in [-0.4, -0.2) is 101 Å². The molecule has 0 radical (unpaired) electrons. The van der Waals surface area contributed by atoms with Gasteiger partial charge in [-0.1, -0.05) is 0 Å². The van der Waals surface area contributed by atoms with Crippen molar-refractivity contribution >= 4 is 78.7 Å². The van der Waals surface area contributed by atoms with E-state index in [4.69, 9.17) is 15.9 Å². The molecule has 2 aromatic rings.